The summed E-state index contributed by atoms with van der Waals surface area (Å²) in [7, 11) is 0. The lowest BCUT2D eigenvalue weighted by atomic mass is 10.0. The maximum atomic E-state index is 13.3. The zero-order valence-corrected chi connectivity index (χ0v) is 17.7. The maximum Gasteiger partial charge on any atom is 0.256 e. The van der Waals surface area contributed by atoms with Gasteiger partial charge in [0.1, 0.15) is 0 Å². The lowest BCUT2D eigenvalue weighted by molar-refractivity contribution is -0.114. The number of hydrogen-bond donors (Lipinski definition) is 2. The van der Waals surface area contributed by atoms with Crippen molar-refractivity contribution in [1.82, 2.24) is 4.98 Å². The first kappa shape index (κ1) is 20.3. The van der Waals surface area contributed by atoms with Gasteiger partial charge in [0.25, 0.3) is 5.91 Å². The molecule has 0 aliphatic heterocycles. The summed E-state index contributed by atoms with van der Waals surface area (Å²) in [5, 5.41) is 6.60. The molecule has 0 bridgehead atoms. The van der Waals surface area contributed by atoms with Crippen molar-refractivity contribution >= 4 is 34.1 Å². The molecule has 5 heteroatoms. The molecule has 0 radical (unpaired) electrons. The van der Waals surface area contributed by atoms with E-state index in [9.17, 15) is 9.59 Å². The molecule has 154 valence electrons. The second-order valence-electron chi connectivity index (χ2n) is 7.60. The number of aromatic nitrogens is 1. The fourth-order valence-corrected chi connectivity index (χ4v) is 3.51. The van der Waals surface area contributed by atoms with Crippen LogP contribution in [0, 0.1) is 13.8 Å². The number of pyridine rings is 1. The lowest BCUT2D eigenvalue weighted by Gasteiger charge is -2.13. The van der Waals surface area contributed by atoms with Gasteiger partial charge >= 0.3 is 0 Å². The summed E-state index contributed by atoms with van der Waals surface area (Å²) in [6.45, 7) is 5.43. The summed E-state index contributed by atoms with van der Waals surface area (Å²) in [5.41, 5.74) is 6.44. The Kier molecular flexibility index (Phi) is 5.50. The fraction of sp³-hybridized carbons (Fsp3) is 0.115. The van der Waals surface area contributed by atoms with Gasteiger partial charge in [-0.25, -0.2) is 4.98 Å². The van der Waals surface area contributed by atoms with Crippen molar-refractivity contribution in [1.29, 1.82) is 0 Å². The predicted molar refractivity (Wildman–Crippen MR) is 125 cm³/mol. The summed E-state index contributed by atoms with van der Waals surface area (Å²) in [6.07, 6.45) is 0. The van der Waals surface area contributed by atoms with Crippen molar-refractivity contribution in [3.8, 4) is 11.3 Å². The van der Waals surface area contributed by atoms with Crippen LogP contribution in [0.5, 0.6) is 0 Å². The van der Waals surface area contributed by atoms with Crippen LogP contribution in [0.1, 0.15) is 28.4 Å². The molecule has 2 N–H and O–H groups in total. The summed E-state index contributed by atoms with van der Waals surface area (Å²) >= 11 is 0. The number of benzene rings is 3. The number of carbonyl (C=O) groups excluding carboxylic acids is 2. The fourth-order valence-electron chi connectivity index (χ4n) is 3.51. The van der Waals surface area contributed by atoms with Gasteiger partial charge in [-0.05, 0) is 55.8 Å². The van der Waals surface area contributed by atoms with Gasteiger partial charge in [-0.15, -0.1) is 0 Å². The van der Waals surface area contributed by atoms with E-state index in [2.05, 4.69) is 10.6 Å². The van der Waals surface area contributed by atoms with E-state index < -0.39 is 0 Å². The molecular weight excluding hydrogens is 386 g/mol. The first-order valence-electron chi connectivity index (χ1n) is 10.1. The van der Waals surface area contributed by atoms with Crippen LogP contribution in [0.15, 0.2) is 72.8 Å². The Morgan fingerprint density at radius 2 is 1.58 bits per heavy atom. The van der Waals surface area contributed by atoms with E-state index in [1.165, 1.54) is 6.92 Å². The SMILES string of the molecule is CC(=O)Nc1ccc(-c2cc(C(=O)Nc3ccccc3C)c3cc(C)ccc3n2)cc1. The summed E-state index contributed by atoms with van der Waals surface area (Å²) in [6, 6.07) is 22.9. The molecule has 0 fully saturated rings. The van der Waals surface area contributed by atoms with Crippen molar-refractivity contribution in [3.63, 3.8) is 0 Å². The number of nitrogens with zero attached hydrogens (tertiary/aromatic N) is 1. The average Bonchev–Trinajstić information content (AvgIpc) is 2.74. The van der Waals surface area contributed by atoms with Gasteiger partial charge in [0.2, 0.25) is 5.91 Å². The van der Waals surface area contributed by atoms with Crippen LogP contribution in [0.25, 0.3) is 22.2 Å². The Bertz CT molecular complexity index is 1290. The Labute approximate surface area is 181 Å². The standard InChI is InChI=1S/C26H23N3O2/c1-16-8-13-24-21(14-16)22(26(31)29-23-7-5-4-6-17(23)2)15-25(28-24)19-9-11-20(12-10-19)27-18(3)30/h4-15H,1-3H3,(H,27,30)(H,29,31). The molecule has 0 atom stereocenters. The number of fused-ring (bicyclic) bond motifs is 1. The van der Waals surface area contributed by atoms with Gasteiger partial charge in [-0.3, -0.25) is 9.59 Å². The van der Waals surface area contributed by atoms with Crippen LogP contribution in [0.3, 0.4) is 0 Å². The topological polar surface area (TPSA) is 71.1 Å². The Morgan fingerprint density at radius 3 is 2.29 bits per heavy atom. The van der Waals surface area contributed by atoms with Crippen LogP contribution in [0.4, 0.5) is 11.4 Å². The molecule has 0 spiro atoms. The van der Waals surface area contributed by atoms with Gasteiger partial charge in [-0.2, -0.15) is 0 Å². The number of hydrogen-bond acceptors (Lipinski definition) is 3. The summed E-state index contributed by atoms with van der Waals surface area (Å²) < 4.78 is 0. The zero-order valence-electron chi connectivity index (χ0n) is 17.7. The quantitative estimate of drug-likeness (QED) is 0.452. The van der Waals surface area contributed by atoms with Crippen LogP contribution >= 0.6 is 0 Å². The largest absolute Gasteiger partial charge is 0.326 e. The zero-order chi connectivity index (χ0) is 22.0. The minimum absolute atomic E-state index is 0.123. The van der Waals surface area contributed by atoms with Gasteiger partial charge in [0.05, 0.1) is 16.8 Å². The molecule has 4 rings (SSSR count). The highest BCUT2D eigenvalue weighted by molar-refractivity contribution is 6.13. The highest BCUT2D eigenvalue weighted by Crippen LogP contribution is 2.28. The van der Waals surface area contributed by atoms with E-state index in [1.54, 1.807) is 0 Å². The van der Waals surface area contributed by atoms with E-state index in [0.29, 0.717) is 16.9 Å². The van der Waals surface area contributed by atoms with E-state index in [1.807, 2.05) is 86.6 Å². The smallest absolute Gasteiger partial charge is 0.256 e. The van der Waals surface area contributed by atoms with E-state index in [0.717, 1.165) is 33.3 Å². The molecule has 1 heterocycles. The van der Waals surface area contributed by atoms with Gasteiger partial charge in [0.15, 0.2) is 0 Å². The van der Waals surface area contributed by atoms with Crippen molar-refractivity contribution in [3.05, 3.63) is 89.5 Å². The molecule has 1 aromatic heterocycles. The van der Waals surface area contributed by atoms with Crippen molar-refractivity contribution < 1.29 is 9.59 Å². The Morgan fingerprint density at radius 1 is 0.839 bits per heavy atom. The minimum Gasteiger partial charge on any atom is -0.326 e. The monoisotopic (exact) mass is 409 g/mol. The predicted octanol–water partition coefficient (Wildman–Crippen LogP) is 5.73. The van der Waals surface area contributed by atoms with Crippen LogP contribution in [-0.2, 0) is 4.79 Å². The third-order valence-corrected chi connectivity index (χ3v) is 5.10. The second kappa shape index (κ2) is 8.40. The number of aryl methyl sites for hydroxylation is 2. The molecule has 0 unspecified atom stereocenters. The Hall–Kier alpha value is -3.99. The maximum absolute atomic E-state index is 13.3. The molecule has 0 aliphatic rings. The molecule has 31 heavy (non-hydrogen) atoms. The molecular formula is C26H23N3O2. The van der Waals surface area contributed by atoms with Gasteiger partial charge in [0, 0.05) is 29.2 Å². The molecule has 2 amide bonds. The second-order valence-corrected chi connectivity index (χ2v) is 7.60. The molecule has 0 saturated carbocycles. The molecule has 3 aromatic carbocycles. The average molecular weight is 409 g/mol. The van der Waals surface area contributed by atoms with E-state index in [-0.39, 0.29) is 11.8 Å². The first-order chi connectivity index (χ1) is 14.9. The number of amides is 2. The number of para-hydroxylation sites is 1. The van der Waals surface area contributed by atoms with Gasteiger partial charge in [-0.1, -0.05) is 42.0 Å². The molecule has 5 nitrogen and oxygen atoms in total. The number of nitrogens with one attached hydrogen (secondary N) is 2. The van der Waals surface area contributed by atoms with Crippen LogP contribution in [-0.4, -0.2) is 16.8 Å². The van der Waals surface area contributed by atoms with E-state index >= 15 is 0 Å². The van der Waals surface area contributed by atoms with Crippen LogP contribution in [0.2, 0.25) is 0 Å². The van der Waals surface area contributed by atoms with Crippen LogP contribution < -0.4 is 10.6 Å². The third-order valence-electron chi connectivity index (χ3n) is 5.10. The van der Waals surface area contributed by atoms with Crippen molar-refractivity contribution in [2.24, 2.45) is 0 Å². The molecule has 0 aliphatic carbocycles. The third kappa shape index (κ3) is 4.46. The first-order valence-corrected chi connectivity index (χ1v) is 10.1. The van der Waals surface area contributed by atoms with Crippen molar-refractivity contribution in [2.75, 3.05) is 10.6 Å². The number of carbonyl (C=O) groups is 2. The minimum atomic E-state index is -0.177. The molecule has 4 aromatic rings. The Balaban J connectivity index is 1.78. The van der Waals surface area contributed by atoms with Gasteiger partial charge < -0.3 is 10.6 Å². The summed E-state index contributed by atoms with van der Waals surface area (Å²) in [4.78, 5) is 29.3. The van der Waals surface area contributed by atoms with E-state index in [4.69, 9.17) is 4.98 Å². The lowest BCUT2D eigenvalue weighted by Crippen LogP contribution is -2.14. The number of anilines is 2. The van der Waals surface area contributed by atoms with Crippen molar-refractivity contribution in [2.45, 2.75) is 20.8 Å². The molecule has 0 saturated heterocycles. The highest BCUT2D eigenvalue weighted by atomic mass is 16.2. The number of rotatable bonds is 4. The normalized spacial score (nSPS) is 10.7. The highest BCUT2D eigenvalue weighted by Gasteiger charge is 2.15. The summed E-state index contributed by atoms with van der Waals surface area (Å²) in [5.74, 6) is -0.300.